The van der Waals surface area contributed by atoms with Crippen LogP contribution < -0.4 is 21.7 Å². The van der Waals surface area contributed by atoms with Crippen LogP contribution in [0.3, 0.4) is 0 Å². The summed E-state index contributed by atoms with van der Waals surface area (Å²) in [6.07, 6.45) is 0.261. The van der Waals surface area contributed by atoms with E-state index in [1.54, 1.807) is 26.0 Å². The molecule has 0 aliphatic rings. The van der Waals surface area contributed by atoms with Crippen molar-refractivity contribution in [2.75, 3.05) is 5.75 Å². The van der Waals surface area contributed by atoms with Crippen molar-refractivity contribution in [2.24, 2.45) is 11.7 Å². The Balaban J connectivity index is 2.01. The predicted octanol–water partition coefficient (Wildman–Crippen LogP) is 0.630. The second-order valence-corrected chi connectivity index (χ2v) is 9.41. The molecular formula is C26H34N4O6S. The zero-order valence-corrected chi connectivity index (χ0v) is 21.7. The van der Waals surface area contributed by atoms with Crippen molar-refractivity contribution in [1.29, 1.82) is 0 Å². The third kappa shape index (κ3) is 9.43. The first-order chi connectivity index (χ1) is 17.5. The molecule has 4 unspecified atom stereocenters. The molecule has 10 nitrogen and oxygen atoms in total. The number of phenolic OH excluding ortho intramolecular Hbond substituents is 1. The molecule has 2 rings (SSSR count). The maximum Gasteiger partial charge on any atom is 0.326 e. The van der Waals surface area contributed by atoms with Crippen molar-refractivity contribution in [1.82, 2.24) is 16.0 Å². The van der Waals surface area contributed by atoms with Crippen LogP contribution in [-0.2, 0) is 32.0 Å². The van der Waals surface area contributed by atoms with Gasteiger partial charge in [0.1, 0.15) is 23.9 Å². The number of thiol groups is 1. The summed E-state index contributed by atoms with van der Waals surface area (Å²) in [5.74, 6) is -3.51. The SMILES string of the molecule is CC(C)C(NC(=O)C(N)Cc1ccccc1)C(=O)NC(CS)C(=O)NC(Cc1ccc(O)cc1)C(=O)O. The van der Waals surface area contributed by atoms with Crippen LogP contribution in [0, 0.1) is 5.92 Å². The Bertz CT molecular complexity index is 1060. The van der Waals surface area contributed by atoms with Gasteiger partial charge in [0.2, 0.25) is 17.7 Å². The highest BCUT2D eigenvalue weighted by atomic mass is 32.1. The zero-order valence-electron chi connectivity index (χ0n) is 20.8. The van der Waals surface area contributed by atoms with E-state index >= 15 is 0 Å². The number of amides is 3. The van der Waals surface area contributed by atoms with Crippen molar-refractivity contribution in [3.05, 3.63) is 65.7 Å². The fraction of sp³-hybridized carbons (Fsp3) is 0.385. The Kier molecular flexibility index (Phi) is 11.4. The molecule has 2 aromatic carbocycles. The van der Waals surface area contributed by atoms with E-state index in [0.717, 1.165) is 5.56 Å². The fourth-order valence-electron chi connectivity index (χ4n) is 3.55. The van der Waals surface area contributed by atoms with E-state index in [9.17, 15) is 29.4 Å². The van der Waals surface area contributed by atoms with Gasteiger partial charge in [-0.2, -0.15) is 12.6 Å². The molecular weight excluding hydrogens is 496 g/mol. The summed E-state index contributed by atoms with van der Waals surface area (Å²) in [6, 6.07) is 10.9. The first-order valence-electron chi connectivity index (χ1n) is 11.8. The Morgan fingerprint density at radius 3 is 1.92 bits per heavy atom. The van der Waals surface area contributed by atoms with E-state index in [4.69, 9.17) is 5.73 Å². The zero-order chi connectivity index (χ0) is 27.5. The van der Waals surface area contributed by atoms with Gasteiger partial charge >= 0.3 is 5.97 Å². The second-order valence-electron chi connectivity index (χ2n) is 9.04. The molecule has 0 aromatic heterocycles. The van der Waals surface area contributed by atoms with Crippen molar-refractivity contribution >= 4 is 36.3 Å². The number of rotatable bonds is 13. The normalized spacial score (nSPS) is 14.2. The Morgan fingerprint density at radius 2 is 1.38 bits per heavy atom. The highest BCUT2D eigenvalue weighted by molar-refractivity contribution is 7.80. The number of hydrogen-bond donors (Lipinski definition) is 7. The number of nitrogens with one attached hydrogen (secondary N) is 3. The number of aliphatic carboxylic acids is 1. The number of carbonyl (C=O) groups excluding carboxylic acids is 3. The van der Waals surface area contributed by atoms with Crippen LogP contribution in [0.15, 0.2) is 54.6 Å². The van der Waals surface area contributed by atoms with Gasteiger partial charge < -0.3 is 31.9 Å². The van der Waals surface area contributed by atoms with Crippen LogP contribution >= 0.6 is 12.6 Å². The van der Waals surface area contributed by atoms with E-state index in [0.29, 0.717) is 12.0 Å². The Hall–Kier alpha value is -3.57. The topological polar surface area (TPSA) is 171 Å². The summed E-state index contributed by atoms with van der Waals surface area (Å²) in [4.78, 5) is 50.2. The first kappa shape index (κ1) is 29.7. The molecule has 0 aliphatic carbocycles. The van der Waals surface area contributed by atoms with Gasteiger partial charge in [-0.3, -0.25) is 14.4 Å². The maximum atomic E-state index is 13.0. The van der Waals surface area contributed by atoms with E-state index < -0.39 is 47.9 Å². The number of carboxylic acids is 1. The third-order valence-corrected chi connectivity index (χ3v) is 6.05. The van der Waals surface area contributed by atoms with Crippen molar-refractivity contribution in [2.45, 2.75) is 50.9 Å². The second kappa shape index (κ2) is 14.2. The molecule has 0 fully saturated rings. The molecule has 3 amide bonds. The van der Waals surface area contributed by atoms with Gasteiger partial charge in [0.05, 0.1) is 6.04 Å². The lowest BCUT2D eigenvalue weighted by molar-refractivity contribution is -0.142. The molecule has 11 heteroatoms. The molecule has 0 aliphatic heterocycles. The Labute approximate surface area is 221 Å². The van der Waals surface area contributed by atoms with Crippen LogP contribution in [0.1, 0.15) is 25.0 Å². The van der Waals surface area contributed by atoms with Gasteiger partial charge in [-0.25, -0.2) is 4.79 Å². The lowest BCUT2D eigenvalue weighted by Crippen LogP contribution is -2.59. The minimum absolute atomic E-state index is 0.0292. The number of benzene rings is 2. The first-order valence-corrected chi connectivity index (χ1v) is 12.5. The molecule has 0 heterocycles. The lowest BCUT2D eigenvalue weighted by atomic mass is 10.0. The van der Waals surface area contributed by atoms with E-state index in [-0.39, 0.29) is 23.8 Å². The van der Waals surface area contributed by atoms with Crippen LogP contribution in [0.25, 0.3) is 0 Å². The molecule has 0 bridgehead atoms. The quantitative estimate of drug-likeness (QED) is 0.186. The maximum absolute atomic E-state index is 13.0. The summed E-state index contributed by atoms with van der Waals surface area (Å²) in [5, 5.41) is 26.6. The predicted molar refractivity (Wildman–Crippen MR) is 142 cm³/mol. The molecule has 200 valence electrons. The molecule has 0 saturated heterocycles. The number of carbonyl (C=O) groups is 4. The van der Waals surface area contributed by atoms with Crippen LogP contribution in [0.2, 0.25) is 0 Å². The number of carboxylic acid groups (broad SMARTS) is 1. The smallest absolute Gasteiger partial charge is 0.326 e. The summed E-state index contributed by atoms with van der Waals surface area (Å²) in [5.41, 5.74) is 7.51. The van der Waals surface area contributed by atoms with Crippen LogP contribution in [0.5, 0.6) is 5.75 Å². The van der Waals surface area contributed by atoms with Gasteiger partial charge in [-0.15, -0.1) is 0 Å². The monoisotopic (exact) mass is 530 g/mol. The number of hydrogen-bond acceptors (Lipinski definition) is 7. The van der Waals surface area contributed by atoms with Gasteiger partial charge in [-0.1, -0.05) is 56.3 Å². The molecule has 4 atom stereocenters. The average molecular weight is 531 g/mol. The standard InChI is InChI=1S/C26H34N4O6S/c1-15(2)22(30-23(32)19(27)12-16-6-4-3-5-7-16)25(34)29-21(14-37)24(33)28-20(26(35)36)13-17-8-10-18(31)11-9-17/h3-11,15,19-22,31,37H,12-14,27H2,1-2H3,(H,28,33)(H,29,34)(H,30,32)(H,35,36). The molecule has 37 heavy (non-hydrogen) atoms. The fourth-order valence-corrected chi connectivity index (χ4v) is 3.81. The largest absolute Gasteiger partial charge is 0.508 e. The molecule has 7 N–H and O–H groups in total. The molecule has 0 spiro atoms. The van der Waals surface area contributed by atoms with E-state index in [1.807, 2.05) is 30.3 Å². The number of nitrogens with two attached hydrogens (primary N) is 1. The van der Waals surface area contributed by atoms with Gasteiger partial charge in [-0.05, 0) is 35.6 Å². The van der Waals surface area contributed by atoms with E-state index in [1.165, 1.54) is 12.1 Å². The van der Waals surface area contributed by atoms with Crippen molar-refractivity contribution < 1.29 is 29.4 Å². The summed E-state index contributed by atoms with van der Waals surface area (Å²) < 4.78 is 0. The minimum atomic E-state index is -1.27. The molecule has 0 saturated carbocycles. The third-order valence-electron chi connectivity index (χ3n) is 5.69. The average Bonchev–Trinajstić information content (AvgIpc) is 2.86. The Morgan fingerprint density at radius 1 is 0.811 bits per heavy atom. The van der Waals surface area contributed by atoms with Crippen LogP contribution in [-0.4, -0.2) is 63.8 Å². The van der Waals surface area contributed by atoms with Gasteiger partial charge in [0.15, 0.2) is 0 Å². The van der Waals surface area contributed by atoms with Crippen LogP contribution in [0.4, 0.5) is 0 Å². The minimum Gasteiger partial charge on any atom is -0.508 e. The lowest BCUT2D eigenvalue weighted by Gasteiger charge is -2.26. The summed E-state index contributed by atoms with van der Waals surface area (Å²) in [6.45, 7) is 3.47. The summed E-state index contributed by atoms with van der Waals surface area (Å²) in [7, 11) is 0. The molecule has 2 aromatic rings. The number of aromatic hydroxyl groups is 1. The number of phenols is 1. The van der Waals surface area contributed by atoms with Crippen molar-refractivity contribution in [3.8, 4) is 5.75 Å². The molecule has 0 radical (unpaired) electrons. The van der Waals surface area contributed by atoms with Gasteiger partial charge in [0, 0.05) is 12.2 Å². The van der Waals surface area contributed by atoms with Crippen molar-refractivity contribution in [3.63, 3.8) is 0 Å². The van der Waals surface area contributed by atoms with E-state index in [2.05, 4.69) is 28.6 Å². The highest BCUT2D eigenvalue weighted by Crippen LogP contribution is 2.12. The highest BCUT2D eigenvalue weighted by Gasteiger charge is 2.31. The summed E-state index contributed by atoms with van der Waals surface area (Å²) >= 11 is 4.13. The van der Waals surface area contributed by atoms with Gasteiger partial charge in [0.25, 0.3) is 0 Å².